The number of rotatable bonds is 3. The molecule has 0 unspecified atom stereocenters. The van der Waals surface area contributed by atoms with Crippen molar-refractivity contribution in [3.8, 4) is 0 Å². The number of aliphatic imine (C=N–C) groups is 1. The van der Waals surface area contributed by atoms with E-state index in [9.17, 15) is 9.18 Å². The summed E-state index contributed by atoms with van der Waals surface area (Å²) in [5.74, 6) is 0.435. The molecule has 0 bridgehead atoms. The molecule has 3 heterocycles. The van der Waals surface area contributed by atoms with E-state index in [0.29, 0.717) is 18.9 Å². The summed E-state index contributed by atoms with van der Waals surface area (Å²) >= 11 is 0. The van der Waals surface area contributed by atoms with Gasteiger partial charge >= 0.3 is 0 Å². The van der Waals surface area contributed by atoms with Crippen LogP contribution >= 0.6 is 0 Å². The first-order valence-corrected chi connectivity index (χ1v) is 9.23. The zero-order valence-corrected chi connectivity index (χ0v) is 15.0. The zero-order valence-electron chi connectivity index (χ0n) is 15.0. The molecule has 0 amide bonds. The van der Waals surface area contributed by atoms with Crippen LogP contribution in [0.15, 0.2) is 28.0 Å². The van der Waals surface area contributed by atoms with E-state index in [0.717, 1.165) is 66.9 Å². The van der Waals surface area contributed by atoms with Crippen molar-refractivity contribution in [2.24, 2.45) is 4.99 Å². The molecule has 0 aliphatic carbocycles. The third-order valence-electron chi connectivity index (χ3n) is 5.24. The summed E-state index contributed by atoms with van der Waals surface area (Å²) in [6.45, 7) is 4.86. The van der Waals surface area contributed by atoms with Crippen LogP contribution in [0.1, 0.15) is 47.5 Å². The lowest BCUT2D eigenvalue weighted by molar-refractivity contribution is 0.241. The number of aryl methyl sites for hydroxylation is 1. The quantitative estimate of drug-likeness (QED) is 0.922. The van der Waals surface area contributed by atoms with Gasteiger partial charge in [-0.15, -0.1) is 0 Å². The molecule has 0 spiro atoms. The minimum absolute atomic E-state index is 0.0567. The lowest BCUT2D eigenvalue weighted by Gasteiger charge is -2.28. The Hall–Kier alpha value is -2.34. The molecular formula is C20H23FN4O. The van der Waals surface area contributed by atoms with Gasteiger partial charge in [0.15, 0.2) is 5.82 Å². The topological polar surface area (TPSA) is 61.4 Å². The van der Waals surface area contributed by atoms with Crippen LogP contribution in [0.2, 0.25) is 0 Å². The second-order valence-corrected chi connectivity index (χ2v) is 7.16. The summed E-state index contributed by atoms with van der Waals surface area (Å²) < 4.78 is 13.3. The molecule has 0 fully saturated rings. The van der Waals surface area contributed by atoms with Gasteiger partial charge < -0.3 is 4.98 Å². The third-order valence-corrected chi connectivity index (χ3v) is 5.24. The minimum atomic E-state index is -0.214. The van der Waals surface area contributed by atoms with Crippen molar-refractivity contribution in [1.82, 2.24) is 14.9 Å². The normalized spacial score (nSPS) is 17.7. The zero-order chi connectivity index (χ0) is 18.1. The van der Waals surface area contributed by atoms with E-state index >= 15 is 0 Å². The smallest absolute Gasteiger partial charge is 0.255 e. The number of fused-ring (bicyclic) bond motifs is 1. The van der Waals surface area contributed by atoms with E-state index in [2.05, 4.69) is 14.9 Å². The van der Waals surface area contributed by atoms with Crippen molar-refractivity contribution in [2.75, 3.05) is 13.1 Å². The molecule has 26 heavy (non-hydrogen) atoms. The molecule has 0 saturated carbocycles. The first-order chi connectivity index (χ1) is 12.6. The van der Waals surface area contributed by atoms with Crippen molar-refractivity contribution in [3.63, 3.8) is 0 Å². The SMILES string of the molecule is Cc1cc(F)ccc1CN1CCc2nc(C3=NCCCC3)[nH]c(=O)c2C1. The highest BCUT2D eigenvalue weighted by atomic mass is 19.1. The minimum Gasteiger partial charge on any atom is -0.305 e. The van der Waals surface area contributed by atoms with Crippen molar-refractivity contribution in [2.45, 2.75) is 45.7 Å². The van der Waals surface area contributed by atoms with E-state index < -0.39 is 0 Å². The van der Waals surface area contributed by atoms with Crippen LogP contribution in [0, 0.1) is 12.7 Å². The molecule has 1 N–H and O–H groups in total. The number of nitrogens with zero attached hydrogens (tertiary/aromatic N) is 3. The molecule has 1 aromatic carbocycles. The van der Waals surface area contributed by atoms with Gasteiger partial charge in [-0.1, -0.05) is 6.07 Å². The van der Waals surface area contributed by atoms with Crippen LogP contribution in [0.4, 0.5) is 4.39 Å². The first kappa shape index (κ1) is 17.1. The van der Waals surface area contributed by atoms with Gasteiger partial charge in [0, 0.05) is 32.6 Å². The maximum atomic E-state index is 13.3. The monoisotopic (exact) mass is 354 g/mol. The maximum absolute atomic E-state index is 13.3. The average molecular weight is 354 g/mol. The largest absolute Gasteiger partial charge is 0.305 e. The highest BCUT2D eigenvalue weighted by Crippen LogP contribution is 2.19. The van der Waals surface area contributed by atoms with Crippen LogP contribution in [0.3, 0.4) is 0 Å². The Morgan fingerprint density at radius 1 is 1.27 bits per heavy atom. The number of nitrogens with one attached hydrogen (secondary N) is 1. The molecular weight excluding hydrogens is 331 g/mol. The third kappa shape index (κ3) is 3.46. The van der Waals surface area contributed by atoms with Crippen molar-refractivity contribution < 1.29 is 4.39 Å². The molecule has 1 aromatic heterocycles. The van der Waals surface area contributed by atoms with Gasteiger partial charge in [0.05, 0.1) is 17.0 Å². The summed E-state index contributed by atoms with van der Waals surface area (Å²) in [7, 11) is 0. The Morgan fingerprint density at radius 3 is 2.92 bits per heavy atom. The molecule has 4 rings (SSSR count). The Balaban J connectivity index is 1.55. The molecule has 0 atom stereocenters. The molecule has 136 valence electrons. The standard InChI is InChI=1S/C20H23FN4O/c1-13-10-15(21)6-5-14(13)11-25-9-7-17-16(12-25)20(26)24-19(23-17)18-4-2-3-8-22-18/h5-6,10H,2-4,7-9,11-12H2,1H3,(H,23,24,26). The predicted molar refractivity (Wildman–Crippen MR) is 99.1 cm³/mol. The number of benzene rings is 1. The van der Waals surface area contributed by atoms with E-state index in [1.165, 1.54) is 6.07 Å². The van der Waals surface area contributed by atoms with Gasteiger partial charge in [-0.25, -0.2) is 9.37 Å². The summed E-state index contributed by atoms with van der Waals surface area (Å²) in [6, 6.07) is 4.87. The van der Waals surface area contributed by atoms with Gasteiger partial charge in [-0.2, -0.15) is 0 Å². The van der Waals surface area contributed by atoms with E-state index in [1.54, 1.807) is 6.07 Å². The van der Waals surface area contributed by atoms with Crippen LogP contribution in [-0.2, 0) is 19.5 Å². The first-order valence-electron chi connectivity index (χ1n) is 9.23. The summed E-state index contributed by atoms with van der Waals surface area (Å²) in [5.41, 5.74) is 4.54. The van der Waals surface area contributed by atoms with Crippen LogP contribution < -0.4 is 5.56 Å². The molecule has 0 saturated heterocycles. The fourth-order valence-corrected chi connectivity index (χ4v) is 3.72. The second-order valence-electron chi connectivity index (χ2n) is 7.16. The highest BCUT2D eigenvalue weighted by Gasteiger charge is 2.23. The fourth-order valence-electron chi connectivity index (χ4n) is 3.72. The van der Waals surface area contributed by atoms with Gasteiger partial charge in [-0.05, 0) is 49.4 Å². The molecule has 2 aromatic rings. The number of hydrogen-bond acceptors (Lipinski definition) is 4. The Labute approximate surface area is 152 Å². The molecule has 5 nitrogen and oxygen atoms in total. The Kier molecular flexibility index (Phi) is 4.68. The Bertz CT molecular complexity index is 919. The van der Waals surface area contributed by atoms with E-state index in [1.807, 2.05) is 13.0 Å². The lowest BCUT2D eigenvalue weighted by Crippen LogP contribution is -2.36. The predicted octanol–water partition coefficient (Wildman–Crippen LogP) is 2.75. The Morgan fingerprint density at radius 2 is 2.15 bits per heavy atom. The number of aromatic amines is 1. The van der Waals surface area contributed by atoms with Gasteiger partial charge in [0.1, 0.15) is 5.82 Å². The average Bonchev–Trinajstić information content (AvgIpc) is 2.65. The maximum Gasteiger partial charge on any atom is 0.255 e. The van der Waals surface area contributed by atoms with Crippen molar-refractivity contribution in [3.05, 3.63) is 62.6 Å². The molecule has 6 heteroatoms. The van der Waals surface area contributed by atoms with Crippen LogP contribution in [-0.4, -0.2) is 33.7 Å². The van der Waals surface area contributed by atoms with Gasteiger partial charge in [0.2, 0.25) is 0 Å². The van der Waals surface area contributed by atoms with Crippen LogP contribution in [0.5, 0.6) is 0 Å². The van der Waals surface area contributed by atoms with Crippen molar-refractivity contribution >= 4 is 5.71 Å². The van der Waals surface area contributed by atoms with Gasteiger partial charge in [0.25, 0.3) is 5.56 Å². The van der Waals surface area contributed by atoms with Gasteiger partial charge in [-0.3, -0.25) is 14.7 Å². The van der Waals surface area contributed by atoms with Crippen molar-refractivity contribution in [1.29, 1.82) is 0 Å². The lowest BCUT2D eigenvalue weighted by atomic mass is 10.0. The molecule has 2 aliphatic rings. The van der Waals surface area contributed by atoms with E-state index in [4.69, 9.17) is 4.98 Å². The summed E-state index contributed by atoms with van der Waals surface area (Å²) in [5, 5.41) is 0. The number of halogens is 1. The van der Waals surface area contributed by atoms with Crippen LogP contribution in [0.25, 0.3) is 0 Å². The van der Waals surface area contributed by atoms with E-state index in [-0.39, 0.29) is 11.4 Å². The number of H-pyrrole nitrogens is 1. The molecule has 2 aliphatic heterocycles. The second kappa shape index (κ2) is 7.11. The fraction of sp³-hybridized carbons (Fsp3) is 0.450. The number of aromatic nitrogens is 2. The highest BCUT2D eigenvalue weighted by molar-refractivity contribution is 5.97. The number of hydrogen-bond donors (Lipinski definition) is 1. The molecule has 0 radical (unpaired) electrons. The summed E-state index contributed by atoms with van der Waals surface area (Å²) in [6.07, 6.45) is 3.85. The summed E-state index contributed by atoms with van der Waals surface area (Å²) in [4.78, 5) is 27.0.